The highest BCUT2D eigenvalue weighted by molar-refractivity contribution is 7.11. The first-order valence-corrected chi connectivity index (χ1v) is 8.59. The van der Waals surface area contributed by atoms with Gasteiger partial charge in [0.1, 0.15) is 10.0 Å². The van der Waals surface area contributed by atoms with Gasteiger partial charge in [0.15, 0.2) is 0 Å². The summed E-state index contributed by atoms with van der Waals surface area (Å²) in [5.41, 5.74) is 2.59. The van der Waals surface area contributed by atoms with E-state index in [1.165, 1.54) is 16.5 Å². The Hall–Kier alpha value is -2.46. The lowest BCUT2D eigenvalue weighted by molar-refractivity contribution is 0.802. The zero-order valence-corrected chi connectivity index (χ0v) is 13.5. The van der Waals surface area contributed by atoms with E-state index in [0.717, 1.165) is 29.4 Å². The molecule has 0 saturated carbocycles. The number of fused-ring (bicyclic) bond motifs is 1. The van der Waals surface area contributed by atoms with Crippen molar-refractivity contribution in [1.82, 2.24) is 14.8 Å². The van der Waals surface area contributed by atoms with Gasteiger partial charge >= 0.3 is 0 Å². The number of para-hydroxylation sites is 1. The van der Waals surface area contributed by atoms with Gasteiger partial charge in [-0.15, -0.1) is 10.2 Å². The lowest BCUT2D eigenvalue weighted by Crippen LogP contribution is -1.96. The largest absolute Gasteiger partial charge is 0.341 e. The number of benzene rings is 2. The van der Waals surface area contributed by atoms with E-state index in [9.17, 15) is 0 Å². The molecule has 0 spiro atoms. The molecule has 0 saturated heterocycles. The Bertz CT molecular complexity index is 908. The van der Waals surface area contributed by atoms with Crippen molar-refractivity contribution in [2.24, 2.45) is 0 Å². The number of aryl methyl sites for hydroxylation is 2. The molecule has 0 aliphatic carbocycles. The predicted octanol–water partition coefficient (Wildman–Crippen LogP) is 4.33. The second-order valence-electron chi connectivity index (χ2n) is 5.58. The Morgan fingerprint density at radius 2 is 1.57 bits per heavy atom. The monoisotopic (exact) mass is 319 g/mol. The SMILES string of the molecule is c1ccc(CCc2nnc(Cn3ccc4ccccc43)s2)cc1. The van der Waals surface area contributed by atoms with Crippen molar-refractivity contribution in [1.29, 1.82) is 0 Å². The molecule has 0 unspecified atom stereocenters. The van der Waals surface area contributed by atoms with Crippen molar-refractivity contribution in [2.45, 2.75) is 19.4 Å². The van der Waals surface area contributed by atoms with E-state index < -0.39 is 0 Å². The van der Waals surface area contributed by atoms with Crippen molar-refractivity contribution in [2.75, 3.05) is 0 Å². The molecule has 0 fully saturated rings. The van der Waals surface area contributed by atoms with Gasteiger partial charge in [0.2, 0.25) is 0 Å². The van der Waals surface area contributed by atoms with Crippen LogP contribution < -0.4 is 0 Å². The van der Waals surface area contributed by atoms with E-state index in [-0.39, 0.29) is 0 Å². The lowest BCUT2D eigenvalue weighted by atomic mass is 10.1. The highest BCUT2D eigenvalue weighted by atomic mass is 32.1. The van der Waals surface area contributed by atoms with E-state index in [2.05, 4.69) is 75.6 Å². The van der Waals surface area contributed by atoms with Gasteiger partial charge in [0.25, 0.3) is 0 Å². The molecular weight excluding hydrogens is 302 g/mol. The molecule has 0 aliphatic heterocycles. The van der Waals surface area contributed by atoms with Crippen LogP contribution in [0.15, 0.2) is 66.9 Å². The zero-order chi connectivity index (χ0) is 15.5. The standard InChI is InChI=1S/C19H17N3S/c1-2-6-15(7-3-1)10-11-18-20-21-19(23-18)14-22-13-12-16-8-4-5-9-17(16)22/h1-9,12-13H,10-11,14H2. The van der Waals surface area contributed by atoms with Crippen molar-refractivity contribution < 1.29 is 0 Å². The highest BCUT2D eigenvalue weighted by Crippen LogP contribution is 2.19. The molecule has 4 rings (SSSR count). The fourth-order valence-corrected chi connectivity index (χ4v) is 3.62. The van der Waals surface area contributed by atoms with Crippen molar-refractivity contribution in [3.63, 3.8) is 0 Å². The van der Waals surface area contributed by atoms with Crippen molar-refractivity contribution >= 4 is 22.2 Å². The first-order valence-electron chi connectivity index (χ1n) is 7.77. The van der Waals surface area contributed by atoms with Crippen molar-refractivity contribution in [3.8, 4) is 0 Å². The second kappa shape index (κ2) is 6.34. The Balaban J connectivity index is 1.46. The molecule has 0 amide bonds. The van der Waals surface area contributed by atoms with E-state index >= 15 is 0 Å². The summed E-state index contributed by atoms with van der Waals surface area (Å²) in [5, 5.41) is 12.1. The van der Waals surface area contributed by atoms with Crippen LogP contribution in [0.2, 0.25) is 0 Å². The third-order valence-electron chi connectivity index (χ3n) is 3.96. The van der Waals surface area contributed by atoms with Crippen LogP contribution in [-0.4, -0.2) is 14.8 Å². The van der Waals surface area contributed by atoms with Crippen LogP contribution in [0, 0.1) is 0 Å². The van der Waals surface area contributed by atoms with Crippen LogP contribution in [-0.2, 0) is 19.4 Å². The first kappa shape index (κ1) is 14.2. The molecule has 2 heterocycles. The fraction of sp³-hybridized carbons (Fsp3) is 0.158. The molecule has 4 heteroatoms. The van der Waals surface area contributed by atoms with Crippen molar-refractivity contribution in [3.05, 3.63) is 82.4 Å². The lowest BCUT2D eigenvalue weighted by Gasteiger charge is -2.01. The van der Waals surface area contributed by atoms with E-state index in [4.69, 9.17) is 0 Å². The molecule has 0 atom stereocenters. The second-order valence-corrected chi connectivity index (χ2v) is 6.72. The summed E-state index contributed by atoms with van der Waals surface area (Å²) in [5.74, 6) is 0. The number of nitrogens with zero attached hydrogens (tertiary/aromatic N) is 3. The summed E-state index contributed by atoms with van der Waals surface area (Å²) >= 11 is 1.72. The minimum atomic E-state index is 0.788. The summed E-state index contributed by atoms with van der Waals surface area (Å²) in [4.78, 5) is 0. The minimum Gasteiger partial charge on any atom is -0.341 e. The van der Waals surface area contributed by atoms with Gasteiger partial charge in [0.05, 0.1) is 6.54 Å². The number of hydrogen-bond acceptors (Lipinski definition) is 3. The summed E-state index contributed by atoms with van der Waals surface area (Å²) in [7, 11) is 0. The Labute approximate surface area is 139 Å². The Morgan fingerprint density at radius 3 is 2.48 bits per heavy atom. The predicted molar refractivity (Wildman–Crippen MR) is 94.8 cm³/mol. The third kappa shape index (κ3) is 3.17. The molecule has 23 heavy (non-hydrogen) atoms. The van der Waals surface area contributed by atoms with E-state index in [1.54, 1.807) is 11.3 Å². The maximum Gasteiger partial charge on any atom is 0.137 e. The fourth-order valence-electron chi connectivity index (χ4n) is 2.77. The molecule has 0 radical (unpaired) electrons. The molecule has 2 aromatic carbocycles. The molecule has 4 aromatic rings. The van der Waals surface area contributed by atoms with Crippen LogP contribution in [0.1, 0.15) is 15.6 Å². The molecule has 0 N–H and O–H groups in total. The maximum atomic E-state index is 4.36. The van der Waals surface area contributed by atoms with Crippen LogP contribution in [0.5, 0.6) is 0 Å². The molecule has 114 valence electrons. The minimum absolute atomic E-state index is 0.788. The van der Waals surface area contributed by atoms with Gasteiger partial charge in [-0.05, 0) is 29.5 Å². The van der Waals surface area contributed by atoms with E-state index in [0.29, 0.717) is 0 Å². The topological polar surface area (TPSA) is 30.7 Å². The van der Waals surface area contributed by atoms with Gasteiger partial charge in [0, 0.05) is 18.1 Å². The van der Waals surface area contributed by atoms with Crippen LogP contribution >= 0.6 is 11.3 Å². The van der Waals surface area contributed by atoms with Crippen LogP contribution in [0.3, 0.4) is 0 Å². The molecule has 0 aliphatic rings. The number of aromatic nitrogens is 3. The van der Waals surface area contributed by atoms with Crippen LogP contribution in [0.4, 0.5) is 0 Å². The number of rotatable bonds is 5. The quantitative estimate of drug-likeness (QED) is 0.548. The summed E-state index contributed by atoms with van der Waals surface area (Å²) in [6.07, 6.45) is 4.09. The Morgan fingerprint density at radius 1 is 0.783 bits per heavy atom. The average Bonchev–Trinajstić information content (AvgIpc) is 3.22. The summed E-state index contributed by atoms with van der Waals surface area (Å²) in [6, 6.07) is 21.1. The summed E-state index contributed by atoms with van der Waals surface area (Å²) < 4.78 is 2.23. The first-order chi connectivity index (χ1) is 11.4. The Kier molecular flexibility index (Phi) is 3.90. The van der Waals surface area contributed by atoms with Gasteiger partial charge < -0.3 is 4.57 Å². The maximum absolute atomic E-state index is 4.36. The third-order valence-corrected chi connectivity index (χ3v) is 4.93. The molecule has 3 nitrogen and oxygen atoms in total. The van der Waals surface area contributed by atoms with Crippen LogP contribution in [0.25, 0.3) is 10.9 Å². The zero-order valence-electron chi connectivity index (χ0n) is 12.7. The average molecular weight is 319 g/mol. The van der Waals surface area contributed by atoms with Gasteiger partial charge in [-0.25, -0.2) is 0 Å². The van der Waals surface area contributed by atoms with Gasteiger partial charge in [-0.3, -0.25) is 0 Å². The number of hydrogen-bond donors (Lipinski definition) is 0. The summed E-state index contributed by atoms with van der Waals surface area (Å²) in [6.45, 7) is 0.788. The van der Waals surface area contributed by atoms with Gasteiger partial charge in [-0.1, -0.05) is 59.9 Å². The molecule has 2 aromatic heterocycles. The smallest absolute Gasteiger partial charge is 0.137 e. The normalized spacial score (nSPS) is 11.1. The van der Waals surface area contributed by atoms with E-state index in [1.807, 2.05) is 6.07 Å². The molecular formula is C19H17N3S. The van der Waals surface area contributed by atoms with Gasteiger partial charge in [-0.2, -0.15) is 0 Å². The molecule has 0 bridgehead atoms. The highest BCUT2D eigenvalue weighted by Gasteiger charge is 2.07.